The fraction of sp³-hybridized carbons (Fsp3) is 0.333. The summed E-state index contributed by atoms with van der Waals surface area (Å²) in [4.78, 5) is 18.7. The Bertz CT molecular complexity index is 1030. The lowest BCUT2D eigenvalue weighted by Crippen LogP contribution is -2.22. The van der Waals surface area contributed by atoms with E-state index in [4.69, 9.17) is 0 Å². The van der Waals surface area contributed by atoms with Gasteiger partial charge in [-0.25, -0.2) is 28.7 Å². The average Bonchev–Trinajstić information content (AvgIpc) is 3.44. The maximum absolute atomic E-state index is 14.3. The van der Waals surface area contributed by atoms with Crippen molar-refractivity contribution in [1.29, 1.82) is 0 Å². The van der Waals surface area contributed by atoms with Crippen molar-refractivity contribution >= 4 is 5.69 Å². The first-order valence-corrected chi connectivity index (χ1v) is 9.61. The van der Waals surface area contributed by atoms with Gasteiger partial charge in [0.15, 0.2) is 23.3 Å². The Morgan fingerprint density at radius 3 is 2.31 bits per heavy atom. The van der Waals surface area contributed by atoms with Gasteiger partial charge in [-0.1, -0.05) is 0 Å². The van der Waals surface area contributed by atoms with Crippen LogP contribution in [0.3, 0.4) is 0 Å². The molecule has 6 nitrogen and oxygen atoms in total. The highest BCUT2D eigenvalue weighted by Crippen LogP contribution is 2.55. The number of nitrogens with zero attached hydrogens (tertiary/aromatic N) is 5. The average molecular weight is 395 g/mol. The predicted molar refractivity (Wildman–Crippen MR) is 102 cm³/mol. The molecule has 1 aliphatic heterocycles. The summed E-state index contributed by atoms with van der Waals surface area (Å²) in [6, 6.07) is 4.72. The summed E-state index contributed by atoms with van der Waals surface area (Å²) in [6.07, 6.45) is 7.66. The summed E-state index contributed by atoms with van der Waals surface area (Å²) < 4.78 is 28.6. The van der Waals surface area contributed by atoms with Gasteiger partial charge in [0, 0.05) is 37.9 Å². The second kappa shape index (κ2) is 7.11. The molecule has 3 atom stereocenters. The minimum Gasteiger partial charge on any atom is -0.391 e. The Morgan fingerprint density at radius 2 is 1.62 bits per heavy atom. The van der Waals surface area contributed by atoms with Crippen LogP contribution in [0.1, 0.15) is 35.8 Å². The van der Waals surface area contributed by atoms with Crippen molar-refractivity contribution in [3.63, 3.8) is 0 Å². The van der Waals surface area contributed by atoms with E-state index in [0.29, 0.717) is 31.2 Å². The Morgan fingerprint density at radius 1 is 0.931 bits per heavy atom. The van der Waals surface area contributed by atoms with Crippen molar-refractivity contribution in [2.45, 2.75) is 30.8 Å². The van der Waals surface area contributed by atoms with E-state index in [9.17, 15) is 13.9 Å². The fourth-order valence-corrected chi connectivity index (χ4v) is 3.99. The van der Waals surface area contributed by atoms with Crippen LogP contribution in [0.5, 0.6) is 0 Å². The Kier molecular flexibility index (Phi) is 4.43. The molecule has 0 unspecified atom stereocenters. The second-order valence-electron chi connectivity index (χ2n) is 7.59. The monoisotopic (exact) mass is 395 g/mol. The highest BCUT2D eigenvalue weighted by Gasteiger charge is 2.41. The van der Waals surface area contributed by atoms with Crippen molar-refractivity contribution in [2.75, 3.05) is 18.0 Å². The van der Waals surface area contributed by atoms with Crippen molar-refractivity contribution in [2.24, 2.45) is 0 Å². The van der Waals surface area contributed by atoms with Crippen LogP contribution >= 0.6 is 0 Å². The minimum absolute atomic E-state index is 0.0961. The van der Waals surface area contributed by atoms with E-state index in [1.54, 1.807) is 41.8 Å². The number of aliphatic hydroxyl groups excluding tert-OH is 1. The Hall–Kier alpha value is -3.00. The maximum Gasteiger partial charge on any atom is 0.197 e. The number of rotatable bonds is 4. The van der Waals surface area contributed by atoms with E-state index < -0.39 is 17.7 Å². The number of anilines is 1. The summed E-state index contributed by atoms with van der Waals surface area (Å²) in [6.45, 7) is 0.844. The summed E-state index contributed by atoms with van der Waals surface area (Å²) >= 11 is 0. The van der Waals surface area contributed by atoms with Gasteiger partial charge in [0.25, 0.3) is 0 Å². The zero-order valence-corrected chi connectivity index (χ0v) is 15.5. The highest BCUT2D eigenvalue weighted by molar-refractivity contribution is 5.54. The normalized spacial score (nSPS) is 23.4. The van der Waals surface area contributed by atoms with Gasteiger partial charge in [-0.3, -0.25) is 0 Å². The van der Waals surface area contributed by atoms with E-state index >= 15 is 0 Å². The Labute approximate surface area is 166 Å². The molecule has 5 rings (SSSR count). The van der Waals surface area contributed by atoms with Crippen molar-refractivity contribution in [1.82, 2.24) is 19.9 Å². The first kappa shape index (κ1) is 18.1. The molecule has 3 aromatic rings. The van der Waals surface area contributed by atoms with E-state index in [0.717, 1.165) is 17.5 Å². The lowest BCUT2D eigenvalue weighted by atomic mass is 10.0. The topological polar surface area (TPSA) is 75.0 Å². The summed E-state index contributed by atoms with van der Waals surface area (Å²) in [5, 5.41) is 9.73. The molecule has 29 heavy (non-hydrogen) atoms. The SMILES string of the molecule is O[C@H]1CCN(c2cc([C@@H]3C[C@@H]3c3cnc(-c4ncccn4)nc3)cc(F)c2F)C1. The molecular formula is C21H19F2N5O. The minimum atomic E-state index is -0.851. The van der Waals surface area contributed by atoms with Crippen LogP contribution < -0.4 is 4.90 Å². The third-order valence-electron chi connectivity index (χ3n) is 5.62. The van der Waals surface area contributed by atoms with Crippen LogP contribution in [-0.4, -0.2) is 44.2 Å². The third kappa shape index (κ3) is 3.44. The molecule has 1 saturated heterocycles. The molecule has 1 saturated carbocycles. The van der Waals surface area contributed by atoms with Gasteiger partial charge >= 0.3 is 0 Å². The molecule has 3 heterocycles. The smallest absolute Gasteiger partial charge is 0.197 e. The molecular weight excluding hydrogens is 376 g/mol. The van der Waals surface area contributed by atoms with Crippen LogP contribution in [0.4, 0.5) is 14.5 Å². The quantitative estimate of drug-likeness (QED) is 0.732. The number of benzene rings is 1. The van der Waals surface area contributed by atoms with E-state index in [2.05, 4.69) is 19.9 Å². The van der Waals surface area contributed by atoms with E-state index in [-0.39, 0.29) is 17.5 Å². The number of β-amino-alcohol motifs (C(OH)–C–C–N with tert-alkyl or cyclic N) is 1. The first-order valence-electron chi connectivity index (χ1n) is 9.61. The van der Waals surface area contributed by atoms with Crippen molar-refractivity contribution < 1.29 is 13.9 Å². The van der Waals surface area contributed by atoms with E-state index in [1.165, 1.54) is 6.07 Å². The summed E-state index contributed by atoms with van der Waals surface area (Å²) in [5.74, 6) is -0.520. The van der Waals surface area contributed by atoms with Gasteiger partial charge < -0.3 is 10.0 Å². The zero-order chi connectivity index (χ0) is 20.0. The van der Waals surface area contributed by atoms with Crippen molar-refractivity contribution in [3.05, 3.63) is 65.7 Å². The van der Waals surface area contributed by atoms with Crippen molar-refractivity contribution in [3.8, 4) is 11.6 Å². The molecule has 8 heteroatoms. The molecule has 2 aliphatic rings. The number of hydrogen-bond acceptors (Lipinski definition) is 6. The number of aliphatic hydroxyl groups is 1. The fourth-order valence-electron chi connectivity index (χ4n) is 3.99. The molecule has 1 aromatic carbocycles. The molecule has 1 aliphatic carbocycles. The largest absolute Gasteiger partial charge is 0.391 e. The summed E-state index contributed by atoms with van der Waals surface area (Å²) in [5.41, 5.74) is 1.95. The molecule has 2 fully saturated rings. The second-order valence-corrected chi connectivity index (χ2v) is 7.59. The predicted octanol–water partition coefficient (Wildman–Crippen LogP) is 3.05. The first-order chi connectivity index (χ1) is 14.1. The van der Waals surface area contributed by atoms with E-state index in [1.807, 2.05) is 0 Å². The zero-order valence-electron chi connectivity index (χ0n) is 15.5. The van der Waals surface area contributed by atoms with Crippen LogP contribution in [0, 0.1) is 11.6 Å². The molecule has 0 radical (unpaired) electrons. The molecule has 0 spiro atoms. The molecule has 148 valence electrons. The van der Waals surface area contributed by atoms with Crippen LogP contribution in [0.2, 0.25) is 0 Å². The van der Waals surface area contributed by atoms with Gasteiger partial charge in [-0.05, 0) is 54.0 Å². The van der Waals surface area contributed by atoms with Crippen LogP contribution in [0.15, 0.2) is 43.0 Å². The number of aromatic nitrogens is 4. The number of hydrogen-bond donors (Lipinski definition) is 1. The molecule has 2 aromatic heterocycles. The standard InChI is InChI=1S/C21H19F2N5O/c22-17-6-12(7-18(19(17)23)28-5-2-14(29)11-28)15-8-16(15)13-9-26-21(27-10-13)20-24-3-1-4-25-20/h1,3-4,6-7,9-10,14-16,29H,2,5,8,11H2/t14-,15-,16+/m0/s1. The van der Waals surface area contributed by atoms with Gasteiger partial charge in [-0.15, -0.1) is 0 Å². The van der Waals surface area contributed by atoms with Gasteiger partial charge in [0.2, 0.25) is 0 Å². The maximum atomic E-state index is 14.3. The lowest BCUT2D eigenvalue weighted by Gasteiger charge is -2.20. The Balaban J connectivity index is 1.36. The molecule has 1 N–H and O–H groups in total. The van der Waals surface area contributed by atoms with Gasteiger partial charge in [-0.2, -0.15) is 0 Å². The molecule has 0 amide bonds. The van der Waals surface area contributed by atoms with Crippen LogP contribution in [0.25, 0.3) is 11.6 Å². The summed E-state index contributed by atoms with van der Waals surface area (Å²) in [7, 11) is 0. The molecule has 0 bridgehead atoms. The lowest BCUT2D eigenvalue weighted by molar-refractivity contribution is 0.198. The highest BCUT2D eigenvalue weighted by atomic mass is 19.2. The number of halogens is 2. The third-order valence-corrected chi connectivity index (χ3v) is 5.62. The van der Waals surface area contributed by atoms with Crippen LogP contribution in [-0.2, 0) is 0 Å². The van der Waals surface area contributed by atoms with Gasteiger partial charge in [0.05, 0.1) is 11.8 Å². The van der Waals surface area contributed by atoms with Gasteiger partial charge in [0.1, 0.15) is 0 Å².